The van der Waals surface area contributed by atoms with Crippen molar-refractivity contribution in [2.24, 2.45) is 0 Å². The Balaban J connectivity index is 1.30. The van der Waals surface area contributed by atoms with Crippen LogP contribution in [0.1, 0.15) is 48.8 Å². The molecule has 4 aliphatic heterocycles. The lowest BCUT2D eigenvalue weighted by Gasteiger charge is -2.31. The van der Waals surface area contributed by atoms with Crippen molar-refractivity contribution in [3.8, 4) is 23.3 Å². The highest BCUT2D eigenvalue weighted by Crippen LogP contribution is 2.47. The van der Waals surface area contributed by atoms with E-state index >= 15 is 8.78 Å². The smallest absolute Gasteiger partial charge is 0.409 e. The Morgan fingerprint density at radius 1 is 1.24 bits per heavy atom. The maximum atomic E-state index is 17.2. The number of nitriles is 1. The first kappa shape index (κ1) is 31.9. The highest BCUT2D eigenvalue weighted by molar-refractivity contribution is 7.23. The second kappa shape index (κ2) is 12.2. The number of hydrogen-bond donors (Lipinski definition) is 3. The summed E-state index contributed by atoms with van der Waals surface area (Å²) in [5, 5.41) is 25.3. The standard InChI is InChI=1S/C33H33F3N8O4S/c1-43-6-2-4-17(43)10-39-29-24-20-14-47-13-19(20)22(26-23-18(9-37)30(42-32(45)46)49-28(23)21(35)11-38-26)25(36)27(24)40-31(41-29)48-15-33-5-3-7-44(33)12-16(34)8-33/h11,16-17,42H,2-8,10,12-15H2,1H3,(H,45,46)(H,39,40,41)/t16-,17+,33+/m1/s1. The van der Waals surface area contributed by atoms with E-state index in [1.54, 1.807) is 0 Å². The number of ether oxygens (including phenoxy) is 2. The number of nitrogens with zero attached hydrogens (tertiary/aromatic N) is 6. The summed E-state index contributed by atoms with van der Waals surface area (Å²) in [4.78, 5) is 29.5. The molecule has 3 aromatic heterocycles. The van der Waals surface area contributed by atoms with Crippen molar-refractivity contribution >= 4 is 49.2 Å². The molecule has 16 heteroatoms. The van der Waals surface area contributed by atoms with Gasteiger partial charge in [0.05, 0.1) is 46.3 Å². The summed E-state index contributed by atoms with van der Waals surface area (Å²) in [5.74, 6) is -1.19. The number of carbonyl (C=O) groups is 1. The van der Waals surface area contributed by atoms with Crippen LogP contribution in [0.3, 0.4) is 0 Å². The molecule has 49 heavy (non-hydrogen) atoms. The van der Waals surface area contributed by atoms with E-state index in [9.17, 15) is 19.6 Å². The Labute approximate surface area is 282 Å². The molecular weight excluding hydrogens is 661 g/mol. The van der Waals surface area contributed by atoms with Crippen LogP contribution < -0.4 is 15.4 Å². The average molecular weight is 695 g/mol. The molecule has 3 N–H and O–H groups in total. The van der Waals surface area contributed by atoms with Crippen LogP contribution in [0.25, 0.3) is 32.2 Å². The van der Waals surface area contributed by atoms with E-state index in [0.29, 0.717) is 41.8 Å². The van der Waals surface area contributed by atoms with Gasteiger partial charge in [-0.25, -0.2) is 18.0 Å². The highest BCUT2D eigenvalue weighted by Gasteiger charge is 2.49. The number of carboxylic acid groups (broad SMARTS) is 1. The van der Waals surface area contributed by atoms with E-state index in [0.717, 1.165) is 56.3 Å². The number of nitrogens with one attached hydrogen (secondary N) is 2. The summed E-state index contributed by atoms with van der Waals surface area (Å²) in [6.07, 6.45) is 2.64. The SMILES string of the molecule is CN1CCC[C@H]1CNc1nc(OC[C@@]23CCCN2C[C@H](F)C3)nc2c(F)c(-c3ncc(F)c4sc(NC(=O)O)c(C#N)c34)c3c(c12)COC3. The molecule has 0 aliphatic carbocycles. The Hall–Kier alpha value is -4.30. The zero-order valence-electron chi connectivity index (χ0n) is 26.6. The zero-order valence-corrected chi connectivity index (χ0v) is 27.4. The van der Waals surface area contributed by atoms with Crippen LogP contribution in [-0.2, 0) is 18.0 Å². The summed E-state index contributed by atoms with van der Waals surface area (Å²) in [7, 11) is 2.06. The summed E-state index contributed by atoms with van der Waals surface area (Å²) in [6.45, 7) is 2.91. The van der Waals surface area contributed by atoms with Gasteiger partial charge in [0.15, 0.2) is 11.6 Å². The summed E-state index contributed by atoms with van der Waals surface area (Å²) in [6, 6.07) is 2.12. The third-order valence-corrected chi connectivity index (χ3v) is 11.5. The molecule has 4 aliphatic rings. The van der Waals surface area contributed by atoms with Gasteiger partial charge < -0.3 is 24.8 Å². The molecule has 8 rings (SSSR count). The molecule has 7 heterocycles. The first-order chi connectivity index (χ1) is 23.7. The molecule has 0 bridgehead atoms. The van der Waals surface area contributed by atoms with E-state index in [4.69, 9.17) is 14.5 Å². The summed E-state index contributed by atoms with van der Waals surface area (Å²) < 4.78 is 58.9. The fourth-order valence-electron chi connectivity index (χ4n) is 8.10. The van der Waals surface area contributed by atoms with Crippen molar-refractivity contribution in [2.45, 2.75) is 63.1 Å². The fourth-order valence-corrected chi connectivity index (χ4v) is 9.14. The number of benzene rings is 1. The minimum atomic E-state index is -1.43. The topological polar surface area (TPSA) is 149 Å². The third-order valence-electron chi connectivity index (χ3n) is 10.4. The Morgan fingerprint density at radius 3 is 2.86 bits per heavy atom. The molecule has 0 saturated carbocycles. The second-order valence-corrected chi connectivity index (χ2v) is 14.3. The number of anilines is 2. The second-order valence-electron chi connectivity index (χ2n) is 13.2. The number of rotatable bonds is 8. The first-order valence-electron chi connectivity index (χ1n) is 16.3. The van der Waals surface area contributed by atoms with Crippen molar-refractivity contribution in [2.75, 3.05) is 50.5 Å². The quantitative estimate of drug-likeness (QED) is 0.211. The van der Waals surface area contributed by atoms with Crippen LogP contribution in [-0.4, -0.2) is 93.5 Å². The Bertz CT molecular complexity index is 2060. The lowest BCUT2D eigenvalue weighted by atomic mass is 9.93. The molecule has 4 aromatic rings. The Morgan fingerprint density at radius 2 is 2.08 bits per heavy atom. The molecule has 256 valence electrons. The van der Waals surface area contributed by atoms with Crippen LogP contribution in [0.5, 0.6) is 6.01 Å². The van der Waals surface area contributed by atoms with E-state index in [1.807, 2.05) is 6.07 Å². The van der Waals surface area contributed by atoms with Crippen LogP contribution in [0.4, 0.5) is 28.8 Å². The van der Waals surface area contributed by atoms with Crippen molar-refractivity contribution < 1.29 is 32.5 Å². The molecule has 12 nitrogen and oxygen atoms in total. The van der Waals surface area contributed by atoms with E-state index < -0.39 is 29.4 Å². The van der Waals surface area contributed by atoms with Gasteiger partial charge in [-0.05, 0) is 56.9 Å². The molecule has 0 unspecified atom stereocenters. The van der Waals surface area contributed by atoms with Crippen molar-refractivity contribution in [1.82, 2.24) is 24.8 Å². The van der Waals surface area contributed by atoms with Gasteiger partial charge in [-0.15, -0.1) is 11.3 Å². The van der Waals surface area contributed by atoms with Gasteiger partial charge in [-0.1, -0.05) is 0 Å². The molecule has 1 amide bonds. The van der Waals surface area contributed by atoms with E-state index in [2.05, 4.69) is 37.4 Å². The lowest BCUT2D eigenvalue weighted by Crippen LogP contribution is -2.43. The molecule has 0 spiro atoms. The van der Waals surface area contributed by atoms with Gasteiger partial charge in [-0.2, -0.15) is 15.2 Å². The number of hydrogen-bond acceptors (Lipinski definition) is 11. The zero-order chi connectivity index (χ0) is 34.0. The number of likely N-dealkylation sites (tertiary alicyclic amines) is 1. The average Bonchev–Trinajstić information content (AvgIpc) is 3.89. The number of fused-ring (bicyclic) bond motifs is 5. The number of halogens is 3. The molecule has 3 fully saturated rings. The van der Waals surface area contributed by atoms with Crippen molar-refractivity contribution in [3.05, 3.63) is 34.5 Å². The highest BCUT2D eigenvalue weighted by atomic mass is 32.1. The summed E-state index contributed by atoms with van der Waals surface area (Å²) >= 11 is 0.731. The third kappa shape index (κ3) is 5.30. The minimum absolute atomic E-state index is 0.0101. The molecular formula is C33H33F3N8O4S. The number of likely N-dealkylation sites (N-methyl/N-ethyl adjacent to an activating group) is 1. The number of aromatic nitrogens is 3. The maximum absolute atomic E-state index is 17.2. The predicted molar refractivity (Wildman–Crippen MR) is 176 cm³/mol. The lowest BCUT2D eigenvalue weighted by molar-refractivity contribution is 0.107. The van der Waals surface area contributed by atoms with Gasteiger partial charge in [0.2, 0.25) is 0 Å². The number of pyridine rings is 1. The van der Waals surface area contributed by atoms with Gasteiger partial charge in [-0.3, -0.25) is 15.2 Å². The van der Waals surface area contributed by atoms with Crippen molar-refractivity contribution in [3.63, 3.8) is 0 Å². The monoisotopic (exact) mass is 694 g/mol. The minimum Gasteiger partial charge on any atom is -0.465 e. The van der Waals surface area contributed by atoms with Crippen LogP contribution in [0.2, 0.25) is 0 Å². The van der Waals surface area contributed by atoms with Gasteiger partial charge in [0, 0.05) is 36.5 Å². The van der Waals surface area contributed by atoms with E-state index in [1.165, 1.54) is 0 Å². The molecule has 3 atom stereocenters. The molecule has 1 aromatic carbocycles. The van der Waals surface area contributed by atoms with Crippen LogP contribution in [0.15, 0.2) is 6.20 Å². The summed E-state index contributed by atoms with van der Waals surface area (Å²) in [5.41, 5.74) is 0.288. The van der Waals surface area contributed by atoms with Gasteiger partial charge in [0.1, 0.15) is 35.2 Å². The van der Waals surface area contributed by atoms with Gasteiger partial charge in [0.25, 0.3) is 0 Å². The number of thiophene rings is 1. The number of alkyl halides is 1. The first-order valence-corrected chi connectivity index (χ1v) is 17.1. The predicted octanol–water partition coefficient (Wildman–Crippen LogP) is 5.64. The van der Waals surface area contributed by atoms with E-state index in [-0.39, 0.29) is 69.3 Å². The van der Waals surface area contributed by atoms with Crippen LogP contribution >= 0.6 is 11.3 Å². The molecule has 3 saturated heterocycles. The van der Waals surface area contributed by atoms with Gasteiger partial charge >= 0.3 is 12.1 Å². The molecule has 0 radical (unpaired) electrons. The number of amides is 1. The largest absolute Gasteiger partial charge is 0.465 e. The van der Waals surface area contributed by atoms with Crippen LogP contribution in [0, 0.1) is 23.0 Å². The maximum Gasteiger partial charge on any atom is 0.409 e. The van der Waals surface area contributed by atoms with Crippen molar-refractivity contribution in [1.29, 1.82) is 5.26 Å². The Kier molecular flexibility index (Phi) is 7.97. The fraction of sp³-hybridized carbons (Fsp3) is 0.485. The normalized spacial score (nSPS) is 23.7.